The third-order valence-electron chi connectivity index (χ3n) is 2.36. The van der Waals surface area contributed by atoms with Crippen LogP contribution in [0.5, 0.6) is 0 Å². The number of rotatable bonds is 2. The van der Waals surface area contributed by atoms with Crippen molar-refractivity contribution in [1.82, 2.24) is 14.9 Å². The number of aromatic nitrogens is 2. The molecule has 0 radical (unpaired) electrons. The fourth-order valence-corrected chi connectivity index (χ4v) is 1.79. The number of carbonyl (C=O) groups excluding carboxylic acids is 2. The monoisotopic (exact) mass is 284 g/mol. The standard InChI is InChI=1S/C9H9BrN4O2/c1-14-7(15)2-6(9(14)16)13-8-5(10)3-11-4-12-8/h3-4,6H,2H2,1H3,(H,11,12,13)/t6-/m0/s1. The maximum atomic E-state index is 11.6. The Labute approximate surface area is 100 Å². The van der Waals surface area contributed by atoms with E-state index in [1.165, 1.54) is 13.4 Å². The first-order chi connectivity index (χ1) is 7.59. The highest BCUT2D eigenvalue weighted by Gasteiger charge is 2.36. The molecule has 2 amide bonds. The number of amides is 2. The van der Waals surface area contributed by atoms with Gasteiger partial charge in [-0.1, -0.05) is 0 Å². The van der Waals surface area contributed by atoms with Crippen LogP contribution in [-0.4, -0.2) is 39.8 Å². The molecule has 16 heavy (non-hydrogen) atoms. The van der Waals surface area contributed by atoms with Crippen molar-refractivity contribution in [3.63, 3.8) is 0 Å². The molecule has 0 unspecified atom stereocenters. The molecule has 1 N–H and O–H groups in total. The van der Waals surface area contributed by atoms with Gasteiger partial charge in [0.05, 0.1) is 10.9 Å². The van der Waals surface area contributed by atoms with Gasteiger partial charge in [0.2, 0.25) is 5.91 Å². The number of imide groups is 1. The highest BCUT2D eigenvalue weighted by atomic mass is 79.9. The van der Waals surface area contributed by atoms with E-state index >= 15 is 0 Å². The Morgan fingerprint density at radius 1 is 1.56 bits per heavy atom. The molecule has 84 valence electrons. The highest BCUT2D eigenvalue weighted by Crippen LogP contribution is 2.21. The Morgan fingerprint density at radius 3 is 2.88 bits per heavy atom. The van der Waals surface area contributed by atoms with Gasteiger partial charge in [0.25, 0.3) is 5.91 Å². The first kappa shape index (κ1) is 11.0. The van der Waals surface area contributed by atoms with Crippen molar-refractivity contribution >= 4 is 33.6 Å². The minimum absolute atomic E-state index is 0.159. The van der Waals surface area contributed by atoms with Crippen molar-refractivity contribution in [2.75, 3.05) is 12.4 Å². The topological polar surface area (TPSA) is 75.2 Å². The normalized spacial score (nSPS) is 20.4. The molecule has 1 aromatic heterocycles. The van der Waals surface area contributed by atoms with E-state index in [2.05, 4.69) is 31.2 Å². The van der Waals surface area contributed by atoms with Crippen LogP contribution in [0.1, 0.15) is 6.42 Å². The van der Waals surface area contributed by atoms with Crippen LogP contribution in [0, 0.1) is 0 Å². The summed E-state index contributed by atoms with van der Waals surface area (Å²) in [6.07, 6.45) is 3.10. The maximum Gasteiger partial charge on any atom is 0.251 e. The second kappa shape index (κ2) is 4.17. The summed E-state index contributed by atoms with van der Waals surface area (Å²) in [5.74, 6) is 0.0830. The van der Waals surface area contributed by atoms with Gasteiger partial charge in [0, 0.05) is 13.2 Å². The van der Waals surface area contributed by atoms with Crippen molar-refractivity contribution in [2.45, 2.75) is 12.5 Å². The molecule has 6 nitrogen and oxygen atoms in total. The molecule has 0 bridgehead atoms. The summed E-state index contributed by atoms with van der Waals surface area (Å²) in [6, 6.07) is -0.538. The van der Waals surface area contributed by atoms with E-state index in [1.807, 2.05) is 0 Å². The predicted molar refractivity (Wildman–Crippen MR) is 59.5 cm³/mol. The number of hydrogen-bond donors (Lipinski definition) is 1. The average Bonchev–Trinajstić information content (AvgIpc) is 2.50. The largest absolute Gasteiger partial charge is 0.357 e. The lowest BCUT2D eigenvalue weighted by Crippen LogP contribution is -2.32. The Morgan fingerprint density at radius 2 is 2.31 bits per heavy atom. The Bertz CT molecular complexity index is 451. The molecule has 1 fully saturated rings. The van der Waals surface area contributed by atoms with E-state index in [1.54, 1.807) is 6.20 Å². The molecular formula is C9H9BrN4O2. The van der Waals surface area contributed by atoms with Gasteiger partial charge in [-0.15, -0.1) is 0 Å². The molecule has 0 saturated carbocycles. The molecule has 1 saturated heterocycles. The first-order valence-electron chi connectivity index (χ1n) is 4.62. The van der Waals surface area contributed by atoms with E-state index in [9.17, 15) is 9.59 Å². The fourth-order valence-electron chi connectivity index (χ4n) is 1.45. The number of hydrogen-bond acceptors (Lipinski definition) is 5. The number of anilines is 1. The van der Waals surface area contributed by atoms with Gasteiger partial charge in [-0.2, -0.15) is 0 Å². The summed E-state index contributed by atoms with van der Waals surface area (Å²) >= 11 is 3.26. The van der Waals surface area contributed by atoms with Crippen LogP contribution in [0.15, 0.2) is 17.0 Å². The van der Waals surface area contributed by atoms with E-state index in [4.69, 9.17) is 0 Å². The molecule has 1 aliphatic heterocycles. The number of halogens is 1. The van der Waals surface area contributed by atoms with Gasteiger partial charge in [-0.05, 0) is 15.9 Å². The van der Waals surface area contributed by atoms with Gasteiger partial charge >= 0.3 is 0 Å². The number of carbonyl (C=O) groups is 2. The Kier molecular flexibility index (Phi) is 2.86. The smallest absolute Gasteiger partial charge is 0.251 e. The van der Waals surface area contributed by atoms with Crippen LogP contribution in [0.4, 0.5) is 5.82 Å². The zero-order chi connectivity index (χ0) is 11.7. The van der Waals surface area contributed by atoms with E-state index < -0.39 is 6.04 Å². The van der Waals surface area contributed by atoms with E-state index in [0.29, 0.717) is 10.3 Å². The summed E-state index contributed by atoms with van der Waals surface area (Å²) in [7, 11) is 1.47. The van der Waals surface area contributed by atoms with Gasteiger partial charge in [-0.3, -0.25) is 14.5 Å². The lowest BCUT2D eigenvalue weighted by molar-refractivity contribution is -0.136. The fraction of sp³-hybridized carbons (Fsp3) is 0.333. The molecule has 0 aromatic carbocycles. The Balaban J connectivity index is 2.15. The van der Waals surface area contributed by atoms with Crippen LogP contribution < -0.4 is 5.32 Å². The second-order valence-corrected chi connectivity index (χ2v) is 4.27. The SMILES string of the molecule is CN1C(=O)C[C@H](Nc2ncncc2Br)C1=O. The van der Waals surface area contributed by atoms with Gasteiger partial charge in [-0.25, -0.2) is 9.97 Å². The van der Waals surface area contributed by atoms with Crippen molar-refractivity contribution in [1.29, 1.82) is 0 Å². The van der Waals surface area contributed by atoms with Crippen LogP contribution in [0.2, 0.25) is 0 Å². The van der Waals surface area contributed by atoms with Gasteiger partial charge in [0.1, 0.15) is 18.2 Å². The predicted octanol–water partition coefficient (Wildman–Crippen LogP) is 0.408. The molecular weight excluding hydrogens is 276 g/mol. The molecule has 0 aliphatic carbocycles. The summed E-state index contributed by atoms with van der Waals surface area (Å²) in [5.41, 5.74) is 0. The number of nitrogens with zero attached hydrogens (tertiary/aromatic N) is 3. The zero-order valence-corrected chi connectivity index (χ0v) is 10.1. The number of nitrogens with one attached hydrogen (secondary N) is 1. The number of likely N-dealkylation sites (N-methyl/N-ethyl adjacent to an activating group) is 1. The minimum atomic E-state index is -0.538. The molecule has 2 heterocycles. The van der Waals surface area contributed by atoms with Gasteiger partial charge in [0.15, 0.2) is 0 Å². The third-order valence-corrected chi connectivity index (χ3v) is 2.94. The minimum Gasteiger partial charge on any atom is -0.357 e. The first-order valence-corrected chi connectivity index (χ1v) is 5.41. The van der Waals surface area contributed by atoms with Crippen LogP contribution in [-0.2, 0) is 9.59 Å². The summed E-state index contributed by atoms with van der Waals surface area (Å²) in [5, 5.41) is 2.91. The van der Waals surface area contributed by atoms with Crippen LogP contribution >= 0.6 is 15.9 Å². The summed E-state index contributed by atoms with van der Waals surface area (Å²) < 4.78 is 0.657. The molecule has 2 rings (SSSR count). The maximum absolute atomic E-state index is 11.6. The molecule has 7 heteroatoms. The second-order valence-electron chi connectivity index (χ2n) is 3.41. The van der Waals surface area contributed by atoms with Crippen molar-refractivity contribution in [3.8, 4) is 0 Å². The average molecular weight is 285 g/mol. The summed E-state index contributed by atoms with van der Waals surface area (Å²) in [4.78, 5) is 31.8. The molecule has 1 aromatic rings. The lowest BCUT2D eigenvalue weighted by Gasteiger charge is -2.12. The lowest BCUT2D eigenvalue weighted by atomic mass is 10.2. The third kappa shape index (κ3) is 1.90. The van der Waals surface area contributed by atoms with Crippen LogP contribution in [0.25, 0.3) is 0 Å². The van der Waals surface area contributed by atoms with Crippen LogP contribution in [0.3, 0.4) is 0 Å². The quantitative estimate of drug-likeness (QED) is 0.796. The van der Waals surface area contributed by atoms with E-state index in [-0.39, 0.29) is 18.2 Å². The summed E-state index contributed by atoms with van der Waals surface area (Å²) in [6.45, 7) is 0. The van der Waals surface area contributed by atoms with Crippen molar-refractivity contribution in [2.24, 2.45) is 0 Å². The number of likely N-dealkylation sites (tertiary alicyclic amines) is 1. The zero-order valence-electron chi connectivity index (χ0n) is 8.48. The molecule has 0 spiro atoms. The van der Waals surface area contributed by atoms with Crippen molar-refractivity contribution in [3.05, 3.63) is 17.0 Å². The molecule has 1 aliphatic rings. The Hall–Kier alpha value is -1.50. The van der Waals surface area contributed by atoms with Gasteiger partial charge < -0.3 is 5.32 Å². The van der Waals surface area contributed by atoms with E-state index in [0.717, 1.165) is 4.90 Å². The highest BCUT2D eigenvalue weighted by molar-refractivity contribution is 9.10. The van der Waals surface area contributed by atoms with Crippen molar-refractivity contribution < 1.29 is 9.59 Å². The molecule has 1 atom stereocenters.